The van der Waals surface area contributed by atoms with Crippen molar-refractivity contribution in [3.63, 3.8) is 0 Å². The highest BCUT2D eigenvalue weighted by atomic mass is 16.8. The monoisotopic (exact) mass is 1210 g/mol. The number of piperidine rings is 1. The van der Waals surface area contributed by atoms with E-state index in [0.29, 0.717) is 18.6 Å². The number of benzene rings is 1. The molecule has 4 saturated carbocycles. The molecule has 86 heavy (non-hydrogen) atoms. The number of unbranched alkanes of at least 4 members (excludes halogenated alkanes) is 24. The zero-order valence-electron chi connectivity index (χ0n) is 54.8. The van der Waals surface area contributed by atoms with Gasteiger partial charge < -0.3 is 43.0 Å². The Labute approximate surface area is 517 Å². The van der Waals surface area contributed by atoms with Crippen LogP contribution in [0.15, 0.2) is 12.1 Å². The van der Waals surface area contributed by atoms with E-state index in [-0.39, 0.29) is 55.6 Å². The second kappa shape index (κ2) is 33.2. The summed E-state index contributed by atoms with van der Waals surface area (Å²) in [6.45, 7) is 15.6. The van der Waals surface area contributed by atoms with Gasteiger partial charge in [-0.3, -0.25) is 24.1 Å². The van der Waals surface area contributed by atoms with Crippen LogP contribution >= 0.6 is 0 Å². The fraction of sp³-hybridized carbons (Fsp3) is 0.845. The average molecular weight is 1210 g/mol. The SMILES string of the molecule is CCCCCCCCCCCCCCCC(=O)OCC(COC(=O)CCCCCCCCCCCCCCC)OC(=O)CCC(=O)OC(C)OC(=O)Oc1ccc2c3c1O[C@H]1C4(OC)CC[C@@]5(C[C@@H]4[C@](C)(O)C(C)(C)C)C(C2)N(CC2CC2)CC[C@]315. The van der Waals surface area contributed by atoms with Crippen molar-refractivity contribution in [1.82, 2.24) is 4.90 Å². The molecule has 0 amide bonds. The Morgan fingerprint density at radius 2 is 1.14 bits per heavy atom. The maximum absolute atomic E-state index is 13.6. The molecule has 8 rings (SSSR count). The van der Waals surface area contributed by atoms with Crippen LogP contribution in [0.1, 0.15) is 291 Å². The van der Waals surface area contributed by atoms with Gasteiger partial charge in [0.2, 0.25) is 6.29 Å². The maximum atomic E-state index is 13.6. The fourth-order valence-electron chi connectivity index (χ4n) is 15.8. The van der Waals surface area contributed by atoms with E-state index in [1.807, 2.05) is 6.92 Å². The van der Waals surface area contributed by atoms with Crippen LogP contribution in [-0.2, 0) is 59.4 Å². The maximum Gasteiger partial charge on any atom is 0.517 e. The number of hydrogen-bond acceptors (Lipinski definition) is 15. The molecule has 4 bridgehead atoms. The number of nitrogens with zero attached hydrogens (tertiary/aromatic N) is 1. The summed E-state index contributed by atoms with van der Waals surface area (Å²) in [5.41, 5.74) is -0.687. The molecule has 0 radical (unpaired) electrons. The van der Waals surface area contributed by atoms with Crippen molar-refractivity contribution in [3.05, 3.63) is 23.3 Å². The topological polar surface area (TPSA) is 183 Å². The quantitative estimate of drug-likeness (QED) is 0.0214. The van der Waals surface area contributed by atoms with E-state index in [1.165, 1.54) is 141 Å². The van der Waals surface area contributed by atoms with Crippen LogP contribution in [-0.4, -0.2) is 109 Å². The molecule has 2 spiro atoms. The van der Waals surface area contributed by atoms with Gasteiger partial charge in [0.05, 0.1) is 18.4 Å². The molecule has 8 atom stereocenters. The summed E-state index contributed by atoms with van der Waals surface area (Å²) >= 11 is 0. The predicted octanol–water partition coefficient (Wildman–Crippen LogP) is 15.9. The van der Waals surface area contributed by atoms with Crippen LogP contribution < -0.4 is 9.47 Å². The molecule has 15 heteroatoms. The van der Waals surface area contributed by atoms with Crippen LogP contribution in [0.25, 0.3) is 0 Å². The minimum atomic E-state index is -1.37. The number of likely N-dealkylation sites (tertiary alicyclic amines) is 1. The first-order chi connectivity index (χ1) is 41.3. The van der Waals surface area contributed by atoms with Gasteiger partial charge in [-0.1, -0.05) is 195 Å². The number of carbonyl (C=O) groups is 5. The van der Waals surface area contributed by atoms with E-state index in [4.69, 9.17) is 37.9 Å². The zero-order chi connectivity index (χ0) is 61.8. The molecular weight excluding hydrogens is 1090 g/mol. The molecule has 488 valence electrons. The summed E-state index contributed by atoms with van der Waals surface area (Å²) in [4.78, 5) is 68.5. The number of rotatable bonds is 43. The first-order valence-electron chi connectivity index (χ1n) is 34.8. The molecule has 3 unspecified atom stereocenters. The third-order valence-electron chi connectivity index (χ3n) is 21.3. The lowest BCUT2D eigenvalue weighted by Gasteiger charge is -2.75. The number of ether oxygens (including phenoxy) is 8. The third kappa shape index (κ3) is 17.7. The van der Waals surface area contributed by atoms with Crippen LogP contribution in [0.3, 0.4) is 0 Å². The van der Waals surface area contributed by atoms with E-state index >= 15 is 0 Å². The highest BCUT2D eigenvalue weighted by Crippen LogP contribution is 2.78. The summed E-state index contributed by atoms with van der Waals surface area (Å²) < 4.78 is 47.6. The molecule has 2 heterocycles. The fourth-order valence-corrected chi connectivity index (χ4v) is 15.8. The van der Waals surface area contributed by atoms with Crippen LogP contribution in [0.2, 0.25) is 0 Å². The van der Waals surface area contributed by atoms with Gasteiger partial charge in [-0.05, 0) is 94.2 Å². The van der Waals surface area contributed by atoms with Gasteiger partial charge in [-0.2, -0.15) is 0 Å². The van der Waals surface area contributed by atoms with Crippen molar-refractivity contribution in [3.8, 4) is 11.5 Å². The Bertz CT molecular complexity index is 2260. The van der Waals surface area contributed by atoms with E-state index in [1.54, 1.807) is 13.2 Å². The normalized spacial score (nSPS) is 24.6. The second-order valence-corrected chi connectivity index (χ2v) is 28.3. The molecule has 1 saturated heterocycles. The molecule has 5 fully saturated rings. The number of carbonyl (C=O) groups excluding carboxylic acids is 5. The molecule has 0 aromatic heterocycles. The molecule has 15 nitrogen and oxygen atoms in total. The second-order valence-electron chi connectivity index (χ2n) is 28.3. The van der Waals surface area contributed by atoms with Crippen molar-refractivity contribution in [2.24, 2.45) is 22.7 Å². The predicted molar refractivity (Wildman–Crippen MR) is 333 cm³/mol. The van der Waals surface area contributed by atoms with E-state index in [2.05, 4.69) is 45.6 Å². The Hall–Kier alpha value is -3.95. The van der Waals surface area contributed by atoms with Crippen molar-refractivity contribution in [1.29, 1.82) is 0 Å². The van der Waals surface area contributed by atoms with E-state index in [9.17, 15) is 29.1 Å². The molecule has 2 aliphatic heterocycles. The van der Waals surface area contributed by atoms with E-state index in [0.717, 1.165) is 95.2 Å². The minimum absolute atomic E-state index is 0.200. The van der Waals surface area contributed by atoms with Gasteiger partial charge in [0.1, 0.15) is 24.9 Å². The van der Waals surface area contributed by atoms with Gasteiger partial charge in [0.25, 0.3) is 0 Å². The molecule has 1 aromatic carbocycles. The molecule has 1 N–H and O–H groups in total. The first kappa shape index (κ1) is 69.5. The van der Waals surface area contributed by atoms with Crippen LogP contribution in [0.4, 0.5) is 4.79 Å². The summed E-state index contributed by atoms with van der Waals surface area (Å²) in [7, 11) is 1.76. The highest BCUT2D eigenvalue weighted by molar-refractivity contribution is 5.78. The summed E-state index contributed by atoms with van der Waals surface area (Å²) in [6.07, 6.45) is 33.5. The largest absolute Gasteiger partial charge is 0.517 e. The van der Waals surface area contributed by atoms with Crippen molar-refractivity contribution in [2.75, 3.05) is 33.4 Å². The lowest BCUT2D eigenvalue weighted by molar-refractivity contribution is -0.312. The summed E-state index contributed by atoms with van der Waals surface area (Å²) in [5.74, 6) is -1.19. The Kier molecular flexibility index (Phi) is 26.8. The lowest BCUT2D eigenvalue weighted by Crippen LogP contribution is -2.83. The molecule has 1 aromatic rings. The number of aliphatic hydroxyl groups is 1. The van der Waals surface area contributed by atoms with Gasteiger partial charge in [0, 0.05) is 61.8 Å². The van der Waals surface area contributed by atoms with Crippen LogP contribution in [0, 0.1) is 22.7 Å². The van der Waals surface area contributed by atoms with Crippen molar-refractivity contribution < 1.29 is 67.0 Å². The van der Waals surface area contributed by atoms with Gasteiger partial charge in [-0.15, -0.1) is 0 Å². The highest BCUT2D eigenvalue weighted by Gasteiger charge is 2.82. The summed E-state index contributed by atoms with van der Waals surface area (Å²) in [6, 6.07) is 4.10. The number of hydrogen-bond donors (Lipinski definition) is 1. The number of methoxy groups -OCH3 is 1. The van der Waals surface area contributed by atoms with Gasteiger partial charge in [-0.25, -0.2) is 4.79 Å². The first-order valence-corrected chi connectivity index (χ1v) is 34.8. The zero-order valence-corrected chi connectivity index (χ0v) is 54.8. The lowest BCUT2D eigenvalue weighted by atomic mass is 9.33. The Balaban J connectivity index is 0.874. The molecule has 5 aliphatic carbocycles. The van der Waals surface area contributed by atoms with Gasteiger partial charge >= 0.3 is 30.0 Å². The average Bonchev–Trinajstić information content (AvgIpc) is 1.27. The van der Waals surface area contributed by atoms with Crippen molar-refractivity contribution in [2.45, 2.75) is 327 Å². The molecule has 7 aliphatic rings. The Morgan fingerprint density at radius 3 is 1.63 bits per heavy atom. The summed E-state index contributed by atoms with van der Waals surface area (Å²) in [5, 5.41) is 12.6. The van der Waals surface area contributed by atoms with Crippen LogP contribution in [0.5, 0.6) is 11.5 Å². The molecular formula is C71H115NO14. The minimum Gasteiger partial charge on any atom is -0.482 e. The Morgan fingerprint density at radius 1 is 0.640 bits per heavy atom. The number of fused-ring (bicyclic) bond motifs is 2. The third-order valence-corrected chi connectivity index (χ3v) is 21.3. The van der Waals surface area contributed by atoms with E-state index < -0.39 is 77.0 Å². The van der Waals surface area contributed by atoms with Crippen molar-refractivity contribution >= 4 is 30.0 Å². The van der Waals surface area contributed by atoms with Gasteiger partial charge in [0.15, 0.2) is 17.6 Å². The standard InChI is InChI=1S/C71H115NO14/c1-9-11-13-15-17-19-21-23-25-27-29-31-33-35-59(73)80-50-55(51-81-60(74)36-34-32-30-28-26-24-22-20-18-16-14-12-10-2)84-62(76)42-41-61(75)82-52(3)83-66(77)85-56-40-39-54-47-58-69-43-44-71(79-8,57(48-69)68(7,78)67(4,5)6)65-70(69,63(54)64(56)86-65)45-46-72(58)49-53-37-38-53/h39-40,52-53,55,57-58,65,78H,9-38,41-51H2,1-8H3/t52?,57-,58?,65-,68+,69-,70+,71?/m1/s1. The number of esters is 4. The smallest absolute Gasteiger partial charge is 0.482 e.